The Hall–Kier alpha value is -3.68. The number of alkyl carbamates (subject to hydrolysis) is 1. The largest absolute Gasteiger partial charge is 0.478 e. The molecule has 1 aliphatic carbocycles. The van der Waals surface area contributed by atoms with Gasteiger partial charge in [-0.05, 0) is 47.2 Å². The molecule has 34 heavy (non-hydrogen) atoms. The minimum atomic E-state index is -1.39. The molecule has 176 valence electrons. The van der Waals surface area contributed by atoms with E-state index in [4.69, 9.17) is 4.74 Å². The minimum absolute atomic E-state index is 0.0265. The van der Waals surface area contributed by atoms with Gasteiger partial charge < -0.3 is 25.4 Å². The van der Waals surface area contributed by atoms with E-state index < -0.39 is 24.3 Å². The van der Waals surface area contributed by atoms with Crippen LogP contribution in [0.25, 0.3) is 11.1 Å². The zero-order valence-corrected chi connectivity index (χ0v) is 18.8. The Bertz CT molecular complexity index is 1160. The van der Waals surface area contributed by atoms with Crippen molar-refractivity contribution in [3.8, 4) is 11.1 Å². The fraction of sp³-hybridized carbons (Fsp3) is 0.259. The molecule has 0 saturated carbocycles. The lowest BCUT2D eigenvalue weighted by molar-refractivity contribution is 0.0124. The highest BCUT2D eigenvalue weighted by Crippen LogP contribution is 2.44. The Kier molecular flexibility index (Phi) is 6.95. The maximum atomic E-state index is 12.3. The smallest absolute Gasteiger partial charge is 0.407 e. The van der Waals surface area contributed by atoms with Crippen molar-refractivity contribution < 1.29 is 29.6 Å². The lowest BCUT2D eigenvalue weighted by atomic mass is 9.93. The van der Waals surface area contributed by atoms with Crippen LogP contribution >= 0.6 is 0 Å². The monoisotopic (exact) mass is 461 g/mol. The van der Waals surface area contributed by atoms with Gasteiger partial charge >= 0.3 is 12.1 Å². The van der Waals surface area contributed by atoms with E-state index >= 15 is 0 Å². The van der Waals surface area contributed by atoms with Crippen molar-refractivity contribution in [1.82, 2.24) is 5.32 Å². The van der Waals surface area contributed by atoms with E-state index in [1.807, 2.05) is 36.4 Å². The predicted molar refractivity (Wildman–Crippen MR) is 127 cm³/mol. The predicted octanol–water partition coefficient (Wildman–Crippen LogP) is 4.02. The highest BCUT2D eigenvalue weighted by molar-refractivity contribution is 5.90. The molecule has 0 heterocycles. The summed E-state index contributed by atoms with van der Waals surface area (Å²) in [6.45, 7) is 1.91. The summed E-state index contributed by atoms with van der Waals surface area (Å²) >= 11 is 0. The molecule has 7 nitrogen and oxygen atoms in total. The molecule has 0 aliphatic heterocycles. The fourth-order valence-electron chi connectivity index (χ4n) is 4.58. The molecule has 0 bridgehead atoms. The lowest BCUT2D eigenvalue weighted by Gasteiger charge is -2.22. The fourth-order valence-corrected chi connectivity index (χ4v) is 4.58. The topological polar surface area (TPSA) is 116 Å². The van der Waals surface area contributed by atoms with Gasteiger partial charge in [0.1, 0.15) is 12.7 Å². The van der Waals surface area contributed by atoms with E-state index in [-0.39, 0.29) is 36.6 Å². The molecule has 2 unspecified atom stereocenters. The van der Waals surface area contributed by atoms with Crippen LogP contribution in [0.1, 0.15) is 51.1 Å². The first kappa shape index (κ1) is 23.5. The van der Waals surface area contributed by atoms with Crippen LogP contribution in [0.4, 0.5) is 4.79 Å². The van der Waals surface area contributed by atoms with Crippen LogP contribution in [0.3, 0.4) is 0 Å². The molecule has 1 amide bonds. The zero-order valence-electron chi connectivity index (χ0n) is 18.8. The van der Waals surface area contributed by atoms with Gasteiger partial charge in [0.25, 0.3) is 0 Å². The summed E-state index contributed by atoms with van der Waals surface area (Å²) in [7, 11) is 0. The number of benzene rings is 3. The van der Waals surface area contributed by atoms with Crippen molar-refractivity contribution in [2.45, 2.75) is 31.5 Å². The molecule has 0 fully saturated rings. The van der Waals surface area contributed by atoms with E-state index in [0.717, 1.165) is 22.3 Å². The Labute approximate surface area is 197 Å². The van der Waals surface area contributed by atoms with Crippen molar-refractivity contribution in [2.75, 3.05) is 13.2 Å². The first-order valence-corrected chi connectivity index (χ1v) is 11.2. The molecule has 0 radical (unpaired) electrons. The third kappa shape index (κ3) is 4.66. The number of aliphatic hydroxyl groups is 2. The van der Waals surface area contributed by atoms with Crippen LogP contribution in [0.5, 0.6) is 0 Å². The maximum Gasteiger partial charge on any atom is 0.407 e. The average Bonchev–Trinajstić information content (AvgIpc) is 3.15. The second-order valence-corrected chi connectivity index (χ2v) is 8.39. The quantitative estimate of drug-likeness (QED) is 0.403. The van der Waals surface area contributed by atoms with E-state index in [1.54, 1.807) is 19.1 Å². The summed E-state index contributed by atoms with van der Waals surface area (Å²) in [5.41, 5.74) is 5.18. The van der Waals surface area contributed by atoms with Gasteiger partial charge in [0.05, 0.1) is 11.7 Å². The highest BCUT2D eigenvalue weighted by Gasteiger charge is 2.29. The second kappa shape index (κ2) is 10.1. The number of fused-ring (bicyclic) bond motifs is 3. The molecule has 7 heteroatoms. The molecule has 3 aromatic rings. The van der Waals surface area contributed by atoms with Crippen molar-refractivity contribution in [2.24, 2.45) is 0 Å². The van der Waals surface area contributed by atoms with E-state index in [0.29, 0.717) is 5.56 Å². The van der Waals surface area contributed by atoms with Gasteiger partial charge in [-0.1, -0.05) is 60.7 Å². The van der Waals surface area contributed by atoms with Gasteiger partial charge in [0, 0.05) is 18.0 Å². The first-order valence-electron chi connectivity index (χ1n) is 11.2. The number of hydrogen-bond donors (Lipinski definition) is 4. The summed E-state index contributed by atoms with van der Waals surface area (Å²) in [4.78, 5) is 23.8. The van der Waals surface area contributed by atoms with Gasteiger partial charge in [0.15, 0.2) is 0 Å². The number of aromatic carboxylic acids is 1. The van der Waals surface area contributed by atoms with Crippen molar-refractivity contribution >= 4 is 12.1 Å². The van der Waals surface area contributed by atoms with Crippen LogP contribution in [-0.2, 0) is 4.74 Å². The Morgan fingerprint density at radius 3 is 2.18 bits per heavy atom. The Balaban J connectivity index is 1.31. The number of amides is 1. The number of rotatable bonds is 8. The summed E-state index contributed by atoms with van der Waals surface area (Å²) in [6, 6.07) is 20.7. The average molecular weight is 462 g/mol. The molecule has 4 rings (SSSR count). The number of carboxylic acid groups (broad SMARTS) is 1. The van der Waals surface area contributed by atoms with E-state index in [9.17, 15) is 24.9 Å². The van der Waals surface area contributed by atoms with Gasteiger partial charge in [0.2, 0.25) is 0 Å². The maximum absolute atomic E-state index is 12.3. The van der Waals surface area contributed by atoms with Gasteiger partial charge in [-0.15, -0.1) is 0 Å². The number of ether oxygens (including phenoxy) is 1. The van der Waals surface area contributed by atoms with Crippen molar-refractivity contribution in [1.29, 1.82) is 0 Å². The third-order valence-electron chi connectivity index (χ3n) is 6.27. The van der Waals surface area contributed by atoms with E-state index in [2.05, 4.69) is 17.4 Å². The van der Waals surface area contributed by atoms with Crippen LogP contribution in [0, 0.1) is 6.92 Å². The summed E-state index contributed by atoms with van der Waals surface area (Å²) in [6.07, 6.45) is -3.24. The number of aliphatic hydroxyl groups excluding tert-OH is 2. The van der Waals surface area contributed by atoms with Gasteiger partial charge in [-0.2, -0.15) is 0 Å². The first-order chi connectivity index (χ1) is 16.4. The number of nitrogens with one attached hydrogen (secondary N) is 1. The van der Waals surface area contributed by atoms with Crippen LogP contribution < -0.4 is 5.32 Å². The normalized spacial score (nSPS) is 14.1. The molecule has 3 aromatic carbocycles. The number of carbonyl (C=O) groups is 2. The van der Waals surface area contributed by atoms with Gasteiger partial charge in [-0.25, -0.2) is 9.59 Å². The standard InChI is InChI=1S/C27H27NO6/c1-16-7-6-12-21(26(31)32)24(16)25(30)23(29)13-14-28-27(33)34-15-22-19-10-4-2-8-17(19)18-9-3-5-11-20(18)22/h2-12,22-23,25,29-30H,13-15H2,1H3,(H,28,33)(H,31,32). The molecule has 0 aromatic heterocycles. The Morgan fingerprint density at radius 1 is 0.941 bits per heavy atom. The molecular weight excluding hydrogens is 434 g/mol. The minimum Gasteiger partial charge on any atom is -0.478 e. The number of carboxylic acids is 1. The van der Waals surface area contributed by atoms with Crippen LogP contribution in [-0.4, -0.2) is 46.6 Å². The summed E-state index contributed by atoms with van der Waals surface area (Å²) in [5, 5.41) is 32.9. The molecule has 4 N–H and O–H groups in total. The number of carbonyl (C=O) groups excluding carboxylic acids is 1. The van der Waals surface area contributed by atoms with Gasteiger partial charge in [-0.3, -0.25) is 0 Å². The SMILES string of the molecule is Cc1cccc(C(=O)O)c1C(O)C(O)CCNC(=O)OCC1c2ccccc2-c2ccccc21. The molecule has 0 spiro atoms. The lowest BCUT2D eigenvalue weighted by Crippen LogP contribution is -2.31. The second-order valence-electron chi connectivity index (χ2n) is 8.39. The zero-order chi connectivity index (χ0) is 24.2. The van der Waals surface area contributed by atoms with Crippen molar-refractivity contribution in [3.63, 3.8) is 0 Å². The third-order valence-corrected chi connectivity index (χ3v) is 6.27. The van der Waals surface area contributed by atoms with Crippen LogP contribution in [0.15, 0.2) is 66.7 Å². The van der Waals surface area contributed by atoms with E-state index in [1.165, 1.54) is 6.07 Å². The molecule has 1 aliphatic rings. The number of hydrogen-bond acceptors (Lipinski definition) is 5. The summed E-state index contributed by atoms with van der Waals surface area (Å²) in [5.74, 6) is -1.23. The summed E-state index contributed by atoms with van der Waals surface area (Å²) < 4.78 is 5.46. The molecular formula is C27H27NO6. The molecule has 0 saturated heterocycles. The molecule has 2 atom stereocenters. The number of aryl methyl sites for hydroxylation is 1. The van der Waals surface area contributed by atoms with Crippen LogP contribution in [0.2, 0.25) is 0 Å². The Morgan fingerprint density at radius 2 is 1.56 bits per heavy atom. The highest BCUT2D eigenvalue weighted by atomic mass is 16.5. The van der Waals surface area contributed by atoms with Crippen molar-refractivity contribution in [3.05, 3.63) is 94.5 Å².